The number of rotatable bonds is 4. The minimum absolute atomic E-state index is 0.347. The Balaban J connectivity index is 1.87. The molecule has 0 radical (unpaired) electrons. The van der Waals surface area contributed by atoms with Crippen molar-refractivity contribution in [3.63, 3.8) is 0 Å². The number of aryl methyl sites for hydroxylation is 1. The first-order valence-electron chi connectivity index (χ1n) is 9.22. The van der Waals surface area contributed by atoms with Crippen LogP contribution in [0.3, 0.4) is 0 Å². The van der Waals surface area contributed by atoms with E-state index in [-0.39, 0.29) is 11.8 Å². The number of likely N-dealkylation sites (N-methyl/N-ethyl adjacent to an activating group) is 1. The van der Waals surface area contributed by atoms with Gasteiger partial charge in [0.2, 0.25) is 0 Å². The molecule has 0 saturated carbocycles. The summed E-state index contributed by atoms with van der Waals surface area (Å²) < 4.78 is 0. The molecule has 1 aliphatic heterocycles. The molecular formula is C24H19ClN2O2. The van der Waals surface area contributed by atoms with Crippen LogP contribution < -0.4 is 9.80 Å². The molecule has 0 spiro atoms. The first-order valence-corrected chi connectivity index (χ1v) is 9.59. The van der Waals surface area contributed by atoms with Crippen LogP contribution in [0.25, 0.3) is 5.57 Å². The number of amides is 2. The van der Waals surface area contributed by atoms with E-state index >= 15 is 0 Å². The van der Waals surface area contributed by atoms with Gasteiger partial charge in [0, 0.05) is 17.8 Å². The molecule has 0 unspecified atom stereocenters. The lowest BCUT2D eigenvalue weighted by atomic mass is 10.0. The maximum atomic E-state index is 13.4. The summed E-state index contributed by atoms with van der Waals surface area (Å²) in [5.74, 6) is -0.710. The second kappa shape index (κ2) is 7.57. The van der Waals surface area contributed by atoms with Gasteiger partial charge in [0.25, 0.3) is 11.8 Å². The van der Waals surface area contributed by atoms with E-state index in [1.807, 2.05) is 61.5 Å². The van der Waals surface area contributed by atoms with Gasteiger partial charge in [-0.05, 0) is 48.9 Å². The van der Waals surface area contributed by atoms with E-state index in [0.29, 0.717) is 27.5 Å². The Labute approximate surface area is 174 Å². The van der Waals surface area contributed by atoms with Crippen LogP contribution in [0, 0.1) is 6.92 Å². The number of hydrogen-bond acceptors (Lipinski definition) is 3. The highest BCUT2D eigenvalue weighted by Gasteiger charge is 2.42. The average molecular weight is 403 g/mol. The fourth-order valence-corrected chi connectivity index (χ4v) is 3.54. The highest BCUT2D eigenvalue weighted by Crippen LogP contribution is 2.36. The lowest BCUT2D eigenvalue weighted by Gasteiger charge is -2.21. The number of benzene rings is 3. The van der Waals surface area contributed by atoms with E-state index in [2.05, 4.69) is 0 Å². The lowest BCUT2D eigenvalue weighted by Crippen LogP contribution is -2.34. The second-order valence-electron chi connectivity index (χ2n) is 6.91. The first kappa shape index (κ1) is 19.0. The van der Waals surface area contributed by atoms with Gasteiger partial charge in [-0.3, -0.25) is 9.59 Å². The van der Waals surface area contributed by atoms with Crippen molar-refractivity contribution >= 4 is 40.4 Å². The number of nitrogens with zero attached hydrogens (tertiary/aromatic N) is 2. The summed E-state index contributed by atoms with van der Waals surface area (Å²) >= 11 is 5.98. The van der Waals surface area contributed by atoms with Gasteiger partial charge in [-0.15, -0.1) is 0 Å². The minimum Gasteiger partial charge on any atom is -0.339 e. The molecule has 1 aliphatic rings. The third kappa shape index (κ3) is 3.43. The Morgan fingerprint density at radius 2 is 1.41 bits per heavy atom. The number of carbonyl (C=O) groups excluding carboxylic acids is 2. The van der Waals surface area contributed by atoms with Gasteiger partial charge in [0.15, 0.2) is 0 Å². The van der Waals surface area contributed by atoms with Crippen molar-refractivity contribution in [1.82, 2.24) is 0 Å². The van der Waals surface area contributed by atoms with Crippen molar-refractivity contribution < 1.29 is 9.59 Å². The van der Waals surface area contributed by atoms with Crippen LogP contribution in [-0.2, 0) is 9.59 Å². The van der Waals surface area contributed by atoms with Crippen molar-refractivity contribution in [3.05, 3.63) is 101 Å². The standard InChI is InChI=1S/C24H19ClN2O2/c1-16-8-10-17(11-9-16)21-22(26(2)19-6-4-3-5-7-19)24(29)27(23(21)28)20-14-12-18(25)13-15-20/h3-15H,1-2H3. The quantitative estimate of drug-likeness (QED) is 0.572. The van der Waals surface area contributed by atoms with Gasteiger partial charge in [-0.1, -0.05) is 59.6 Å². The molecular weight excluding hydrogens is 384 g/mol. The van der Waals surface area contributed by atoms with Crippen LogP contribution in [0.15, 0.2) is 84.6 Å². The van der Waals surface area contributed by atoms with Crippen LogP contribution in [0.5, 0.6) is 0 Å². The number of carbonyl (C=O) groups is 2. The smallest absolute Gasteiger partial charge is 0.282 e. The number of para-hydroxylation sites is 1. The minimum atomic E-state index is -0.362. The maximum absolute atomic E-state index is 13.4. The summed E-state index contributed by atoms with van der Waals surface area (Å²) in [4.78, 5) is 29.8. The second-order valence-corrected chi connectivity index (χ2v) is 7.34. The number of halogens is 1. The van der Waals surface area contributed by atoms with Crippen molar-refractivity contribution in [2.75, 3.05) is 16.8 Å². The summed E-state index contributed by atoms with van der Waals surface area (Å²) in [7, 11) is 1.80. The molecule has 0 bridgehead atoms. The zero-order valence-corrected chi connectivity index (χ0v) is 16.9. The van der Waals surface area contributed by atoms with Crippen LogP contribution in [-0.4, -0.2) is 18.9 Å². The Kier molecular flexibility index (Phi) is 4.95. The van der Waals surface area contributed by atoms with Gasteiger partial charge in [0.05, 0.1) is 11.3 Å². The van der Waals surface area contributed by atoms with Crippen molar-refractivity contribution in [2.45, 2.75) is 6.92 Å². The van der Waals surface area contributed by atoms with Crippen molar-refractivity contribution in [1.29, 1.82) is 0 Å². The van der Waals surface area contributed by atoms with E-state index in [0.717, 1.165) is 11.3 Å². The zero-order chi connectivity index (χ0) is 20.5. The Morgan fingerprint density at radius 1 is 0.793 bits per heavy atom. The predicted molar refractivity (Wildman–Crippen MR) is 117 cm³/mol. The maximum Gasteiger partial charge on any atom is 0.282 e. The molecule has 29 heavy (non-hydrogen) atoms. The molecule has 0 aromatic heterocycles. The third-order valence-corrected chi connectivity index (χ3v) is 5.22. The predicted octanol–water partition coefficient (Wildman–Crippen LogP) is 5.07. The van der Waals surface area contributed by atoms with Crippen molar-refractivity contribution in [2.24, 2.45) is 0 Å². The molecule has 0 saturated heterocycles. The summed E-state index contributed by atoms with van der Waals surface area (Å²) in [5, 5.41) is 0.543. The van der Waals surface area contributed by atoms with E-state index in [1.165, 1.54) is 4.90 Å². The highest BCUT2D eigenvalue weighted by molar-refractivity contribution is 6.46. The molecule has 3 aromatic rings. The van der Waals surface area contributed by atoms with Crippen LogP contribution >= 0.6 is 11.6 Å². The van der Waals surface area contributed by atoms with Gasteiger partial charge in [-0.25, -0.2) is 4.90 Å². The molecule has 1 heterocycles. The average Bonchev–Trinajstić information content (AvgIpc) is 3.00. The molecule has 0 fully saturated rings. The molecule has 144 valence electrons. The molecule has 0 atom stereocenters. The van der Waals surface area contributed by atoms with Crippen molar-refractivity contribution in [3.8, 4) is 0 Å². The third-order valence-electron chi connectivity index (χ3n) is 4.96. The summed E-state index contributed by atoms with van der Waals surface area (Å²) in [6, 6.07) is 23.8. The number of hydrogen-bond donors (Lipinski definition) is 0. The Bertz CT molecular complexity index is 1100. The molecule has 2 amide bonds. The van der Waals surface area contributed by atoms with Gasteiger partial charge < -0.3 is 4.90 Å². The zero-order valence-electron chi connectivity index (χ0n) is 16.1. The summed E-state index contributed by atoms with van der Waals surface area (Å²) in [6.45, 7) is 1.98. The van der Waals surface area contributed by atoms with Crippen LogP contribution in [0.4, 0.5) is 11.4 Å². The molecule has 0 aliphatic carbocycles. The molecule has 4 nitrogen and oxygen atoms in total. The largest absolute Gasteiger partial charge is 0.339 e. The number of anilines is 2. The Morgan fingerprint density at radius 3 is 2.03 bits per heavy atom. The van der Waals surface area contributed by atoms with Crippen LogP contribution in [0.1, 0.15) is 11.1 Å². The summed E-state index contributed by atoms with van der Waals surface area (Å²) in [6.07, 6.45) is 0. The fraction of sp³-hybridized carbons (Fsp3) is 0.0833. The number of imide groups is 1. The fourth-order valence-electron chi connectivity index (χ4n) is 3.42. The van der Waals surface area contributed by atoms with Crippen LogP contribution in [0.2, 0.25) is 5.02 Å². The molecule has 3 aromatic carbocycles. The van der Waals surface area contributed by atoms with Gasteiger partial charge in [-0.2, -0.15) is 0 Å². The van der Waals surface area contributed by atoms with E-state index in [4.69, 9.17) is 11.6 Å². The summed E-state index contributed by atoms with van der Waals surface area (Å²) in [5.41, 5.74) is 3.84. The SMILES string of the molecule is Cc1ccc(C2=C(N(C)c3ccccc3)C(=O)N(c3ccc(Cl)cc3)C2=O)cc1. The van der Waals surface area contributed by atoms with Gasteiger partial charge in [0.1, 0.15) is 5.70 Å². The molecule has 4 rings (SSSR count). The lowest BCUT2D eigenvalue weighted by molar-refractivity contribution is -0.120. The van der Waals surface area contributed by atoms with E-state index < -0.39 is 0 Å². The highest BCUT2D eigenvalue weighted by atomic mass is 35.5. The van der Waals surface area contributed by atoms with E-state index in [1.54, 1.807) is 36.2 Å². The molecule has 5 heteroatoms. The normalized spacial score (nSPS) is 14.0. The Hall–Kier alpha value is -3.37. The monoisotopic (exact) mass is 402 g/mol. The topological polar surface area (TPSA) is 40.6 Å². The first-order chi connectivity index (χ1) is 14.0. The van der Waals surface area contributed by atoms with Gasteiger partial charge >= 0.3 is 0 Å². The van der Waals surface area contributed by atoms with E-state index in [9.17, 15) is 9.59 Å². The molecule has 0 N–H and O–H groups in total.